The van der Waals surface area contributed by atoms with Gasteiger partial charge < -0.3 is 14.8 Å². The minimum absolute atomic E-state index is 0.121. The molecule has 2 aromatic rings. The molecule has 0 spiro atoms. The fourth-order valence-corrected chi connectivity index (χ4v) is 1.80. The van der Waals surface area contributed by atoms with Gasteiger partial charge >= 0.3 is 0 Å². The highest BCUT2D eigenvalue weighted by Gasteiger charge is 2.06. The highest BCUT2D eigenvalue weighted by Crippen LogP contribution is 2.27. The van der Waals surface area contributed by atoms with E-state index in [0.717, 1.165) is 0 Å². The van der Waals surface area contributed by atoms with E-state index in [2.05, 4.69) is 11.6 Å². The largest absolute Gasteiger partial charge is 0.458 e. The lowest BCUT2D eigenvalue weighted by Crippen LogP contribution is -1.92. The summed E-state index contributed by atoms with van der Waals surface area (Å²) in [6.45, 7) is -0.121. The molecule has 0 amide bonds. The van der Waals surface area contributed by atoms with Gasteiger partial charge in [0.2, 0.25) is 0 Å². The maximum atomic E-state index is 9.02. The van der Waals surface area contributed by atoms with E-state index in [1.807, 2.05) is 0 Å². The minimum atomic E-state index is -0.121. The first-order chi connectivity index (χ1) is 7.69. The Morgan fingerprint density at radius 3 is 2.56 bits per heavy atom. The SMILES string of the molecule is OCc1co[c]c1Nc1cc(Cl)cc(Cl)c1. The molecule has 1 radical (unpaired) electrons. The standard InChI is InChI=1S/C11H8Cl2NO2/c12-8-1-9(13)3-10(2-8)14-11-6-16-5-7(11)4-15/h1-3,5,14-15H,4H2. The number of anilines is 2. The second-order valence-electron chi connectivity index (χ2n) is 3.18. The summed E-state index contributed by atoms with van der Waals surface area (Å²) in [7, 11) is 0. The molecule has 0 saturated carbocycles. The van der Waals surface area contributed by atoms with E-state index in [0.29, 0.717) is 27.0 Å². The Morgan fingerprint density at radius 2 is 1.94 bits per heavy atom. The second-order valence-corrected chi connectivity index (χ2v) is 4.05. The minimum Gasteiger partial charge on any atom is -0.458 e. The van der Waals surface area contributed by atoms with Crippen LogP contribution in [0.15, 0.2) is 28.9 Å². The average molecular weight is 257 g/mol. The van der Waals surface area contributed by atoms with Gasteiger partial charge in [-0.25, -0.2) is 0 Å². The molecular weight excluding hydrogens is 249 g/mol. The average Bonchev–Trinajstić information content (AvgIpc) is 2.63. The van der Waals surface area contributed by atoms with Crippen LogP contribution in [0.25, 0.3) is 0 Å². The molecule has 16 heavy (non-hydrogen) atoms. The Hall–Kier alpha value is -1.16. The molecule has 0 aliphatic rings. The molecule has 2 rings (SSSR count). The summed E-state index contributed by atoms with van der Waals surface area (Å²) in [5, 5.41) is 13.1. The van der Waals surface area contributed by atoms with Gasteiger partial charge in [0.05, 0.1) is 18.6 Å². The lowest BCUT2D eigenvalue weighted by molar-refractivity contribution is 0.281. The van der Waals surface area contributed by atoms with E-state index in [1.165, 1.54) is 6.26 Å². The molecule has 1 aromatic heterocycles. The number of hydrogen-bond donors (Lipinski definition) is 2. The van der Waals surface area contributed by atoms with Crippen LogP contribution in [-0.4, -0.2) is 5.11 Å². The van der Waals surface area contributed by atoms with Gasteiger partial charge in [0, 0.05) is 21.3 Å². The number of furan rings is 1. The topological polar surface area (TPSA) is 45.4 Å². The van der Waals surface area contributed by atoms with E-state index in [-0.39, 0.29) is 6.61 Å². The normalized spacial score (nSPS) is 10.4. The smallest absolute Gasteiger partial charge is 0.195 e. The molecule has 1 heterocycles. The Labute approximate surface area is 103 Å². The van der Waals surface area contributed by atoms with Crippen molar-refractivity contribution >= 4 is 34.6 Å². The Morgan fingerprint density at radius 1 is 1.25 bits per heavy atom. The lowest BCUT2D eigenvalue weighted by atomic mass is 10.2. The summed E-state index contributed by atoms with van der Waals surface area (Å²) >= 11 is 11.7. The molecule has 0 unspecified atom stereocenters. The van der Waals surface area contributed by atoms with E-state index < -0.39 is 0 Å². The predicted molar refractivity (Wildman–Crippen MR) is 63.2 cm³/mol. The quantitative estimate of drug-likeness (QED) is 0.882. The van der Waals surface area contributed by atoms with Gasteiger partial charge in [0.25, 0.3) is 0 Å². The first-order valence-corrected chi connectivity index (χ1v) is 5.26. The van der Waals surface area contributed by atoms with Crippen LogP contribution >= 0.6 is 23.2 Å². The molecule has 0 bridgehead atoms. The maximum absolute atomic E-state index is 9.02. The number of rotatable bonds is 3. The van der Waals surface area contributed by atoms with Gasteiger partial charge in [-0.3, -0.25) is 0 Å². The second kappa shape index (κ2) is 4.78. The maximum Gasteiger partial charge on any atom is 0.195 e. The number of hydrogen-bond acceptors (Lipinski definition) is 3. The Bertz CT molecular complexity index is 476. The van der Waals surface area contributed by atoms with Crippen molar-refractivity contribution < 1.29 is 9.52 Å². The third-order valence-corrected chi connectivity index (χ3v) is 2.42. The number of benzene rings is 1. The van der Waals surface area contributed by atoms with E-state index in [9.17, 15) is 0 Å². The van der Waals surface area contributed by atoms with Crippen molar-refractivity contribution in [3.8, 4) is 0 Å². The fraction of sp³-hybridized carbons (Fsp3) is 0.0909. The van der Waals surface area contributed by atoms with E-state index >= 15 is 0 Å². The lowest BCUT2D eigenvalue weighted by Gasteiger charge is -2.06. The third-order valence-electron chi connectivity index (χ3n) is 1.99. The van der Waals surface area contributed by atoms with Crippen LogP contribution < -0.4 is 5.32 Å². The van der Waals surface area contributed by atoms with Crippen LogP contribution in [0.3, 0.4) is 0 Å². The Balaban J connectivity index is 2.26. The van der Waals surface area contributed by atoms with Gasteiger partial charge in [-0.05, 0) is 18.2 Å². The molecule has 5 heteroatoms. The molecule has 0 saturated heterocycles. The summed E-state index contributed by atoms with van der Waals surface area (Å²) in [4.78, 5) is 0. The monoisotopic (exact) mass is 256 g/mol. The summed E-state index contributed by atoms with van der Waals surface area (Å²) in [6.07, 6.45) is 4.04. The number of nitrogens with one attached hydrogen (secondary N) is 1. The van der Waals surface area contributed by atoms with Crippen LogP contribution in [0.5, 0.6) is 0 Å². The van der Waals surface area contributed by atoms with Crippen LogP contribution in [0.4, 0.5) is 11.4 Å². The highest BCUT2D eigenvalue weighted by atomic mass is 35.5. The zero-order valence-corrected chi connectivity index (χ0v) is 9.64. The molecule has 0 aliphatic carbocycles. The zero-order chi connectivity index (χ0) is 11.5. The number of aliphatic hydroxyl groups is 1. The highest BCUT2D eigenvalue weighted by molar-refractivity contribution is 6.35. The molecular formula is C11H8Cl2NO2. The van der Waals surface area contributed by atoms with Crippen LogP contribution in [0, 0.1) is 6.26 Å². The summed E-state index contributed by atoms with van der Waals surface area (Å²) in [6, 6.07) is 5.07. The molecule has 3 nitrogen and oxygen atoms in total. The molecule has 0 atom stereocenters. The van der Waals surface area contributed by atoms with Crippen molar-refractivity contribution in [1.29, 1.82) is 0 Å². The number of aliphatic hydroxyl groups excluding tert-OH is 1. The van der Waals surface area contributed by atoms with Crippen molar-refractivity contribution in [2.45, 2.75) is 6.61 Å². The van der Waals surface area contributed by atoms with Gasteiger partial charge in [0.15, 0.2) is 6.26 Å². The van der Waals surface area contributed by atoms with E-state index in [1.54, 1.807) is 18.2 Å². The summed E-state index contributed by atoms with van der Waals surface area (Å²) < 4.78 is 4.86. The summed E-state index contributed by atoms with van der Waals surface area (Å²) in [5.74, 6) is 0. The molecule has 1 aromatic carbocycles. The molecule has 0 aliphatic heterocycles. The fourth-order valence-electron chi connectivity index (χ4n) is 1.28. The van der Waals surface area contributed by atoms with Crippen molar-refractivity contribution in [3.63, 3.8) is 0 Å². The first-order valence-electron chi connectivity index (χ1n) is 4.51. The van der Waals surface area contributed by atoms with Crippen LogP contribution in [0.2, 0.25) is 10.0 Å². The first kappa shape index (κ1) is 11.3. The zero-order valence-electron chi connectivity index (χ0n) is 8.13. The van der Waals surface area contributed by atoms with Gasteiger partial charge in [-0.1, -0.05) is 23.2 Å². The summed E-state index contributed by atoms with van der Waals surface area (Å²) in [5.41, 5.74) is 1.90. The number of halogens is 2. The van der Waals surface area contributed by atoms with Crippen LogP contribution in [-0.2, 0) is 6.61 Å². The molecule has 83 valence electrons. The van der Waals surface area contributed by atoms with Gasteiger partial charge in [-0.2, -0.15) is 0 Å². The third kappa shape index (κ3) is 2.50. The van der Waals surface area contributed by atoms with Gasteiger partial charge in [-0.15, -0.1) is 0 Å². The molecule has 0 fully saturated rings. The van der Waals surface area contributed by atoms with Crippen molar-refractivity contribution in [1.82, 2.24) is 0 Å². The molecule has 2 N–H and O–H groups in total. The van der Waals surface area contributed by atoms with Crippen molar-refractivity contribution in [2.24, 2.45) is 0 Å². The van der Waals surface area contributed by atoms with Crippen molar-refractivity contribution in [2.75, 3.05) is 5.32 Å². The Kier molecular flexibility index (Phi) is 3.39. The van der Waals surface area contributed by atoms with E-state index in [4.69, 9.17) is 32.7 Å². The predicted octanol–water partition coefficient (Wildman–Crippen LogP) is 3.62. The van der Waals surface area contributed by atoms with Crippen molar-refractivity contribution in [3.05, 3.63) is 46.3 Å². The van der Waals surface area contributed by atoms with Crippen LogP contribution in [0.1, 0.15) is 5.56 Å². The van der Waals surface area contributed by atoms with Gasteiger partial charge in [0.1, 0.15) is 0 Å².